The lowest BCUT2D eigenvalue weighted by Crippen LogP contribution is -2.35. The van der Waals surface area contributed by atoms with Crippen molar-refractivity contribution >= 4 is 48.9 Å². The first-order valence-corrected chi connectivity index (χ1v) is 14.8. The molecule has 37 heavy (non-hydrogen) atoms. The predicted octanol–water partition coefficient (Wildman–Crippen LogP) is 5.02. The van der Waals surface area contributed by atoms with Gasteiger partial charge in [0.1, 0.15) is 5.82 Å². The first-order chi connectivity index (χ1) is 17.5. The van der Waals surface area contributed by atoms with E-state index in [0.717, 1.165) is 31.4 Å². The van der Waals surface area contributed by atoms with E-state index in [1.165, 1.54) is 52.8 Å². The van der Waals surface area contributed by atoms with Crippen molar-refractivity contribution in [1.82, 2.24) is 4.31 Å². The Morgan fingerprint density at radius 3 is 2.22 bits per heavy atom. The monoisotopic (exact) mass is 565 g/mol. The van der Waals surface area contributed by atoms with E-state index < -0.39 is 31.8 Å². The zero-order chi connectivity index (χ0) is 26.8. The number of aryl methyl sites for hydroxylation is 1. The summed E-state index contributed by atoms with van der Waals surface area (Å²) in [6.07, 6.45) is 2.54. The molecule has 0 unspecified atom stereocenters. The van der Waals surface area contributed by atoms with Gasteiger partial charge in [0.05, 0.1) is 20.5 Å². The van der Waals surface area contributed by atoms with Crippen LogP contribution in [0.1, 0.15) is 35.2 Å². The summed E-state index contributed by atoms with van der Waals surface area (Å²) in [5, 5.41) is 2.74. The van der Waals surface area contributed by atoms with Gasteiger partial charge in [-0.1, -0.05) is 24.1 Å². The van der Waals surface area contributed by atoms with Crippen LogP contribution in [0.4, 0.5) is 15.8 Å². The molecule has 3 aromatic rings. The minimum absolute atomic E-state index is 0.00523. The van der Waals surface area contributed by atoms with Crippen LogP contribution in [-0.4, -0.2) is 40.1 Å². The average molecular weight is 566 g/mol. The van der Waals surface area contributed by atoms with Gasteiger partial charge in [-0.2, -0.15) is 4.31 Å². The molecule has 0 bridgehead atoms. The maximum atomic E-state index is 13.2. The van der Waals surface area contributed by atoms with Gasteiger partial charge in [0, 0.05) is 24.3 Å². The summed E-state index contributed by atoms with van der Waals surface area (Å²) in [4.78, 5) is 13.0. The van der Waals surface area contributed by atoms with Gasteiger partial charge in [-0.25, -0.2) is 21.2 Å². The van der Waals surface area contributed by atoms with Gasteiger partial charge >= 0.3 is 0 Å². The zero-order valence-electron chi connectivity index (χ0n) is 19.9. The molecular formula is C25H25ClFN3O5S2. The van der Waals surface area contributed by atoms with Crippen LogP contribution in [0.2, 0.25) is 5.02 Å². The number of halogens is 2. The van der Waals surface area contributed by atoms with Crippen LogP contribution in [0.3, 0.4) is 0 Å². The van der Waals surface area contributed by atoms with E-state index >= 15 is 0 Å². The molecule has 0 spiro atoms. The molecule has 1 aliphatic heterocycles. The van der Waals surface area contributed by atoms with E-state index in [1.54, 1.807) is 6.92 Å². The van der Waals surface area contributed by atoms with Crippen LogP contribution < -0.4 is 10.0 Å². The number of benzene rings is 3. The number of hydrogen-bond donors (Lipinski definition) is 2. The Labute approximate surface area is 220 Å². The Hall–Kier alpha value is -2.99. The first-order valence-electron chi connectivity index (χ1n) is 11.5. The number of rotatable bonds is 7. The number of carbonyl (C=O) groups excluding carboxylic acids is 1. The largest absolute Gasteiger partial charge is 0.321 e. The summed E-state index contributed by atoms with van der Waals surface area (Å²) >= 11 is 6.25. The summed E-state index contributed by atoms with van der Waals surface area (Å²) in [5.74, 6) is -1.17. The minimum atomic E-state index is -4.08. The highest BCUT2D eigenvalue weighted by Gasteiger charge is 2.27. The van der Waals surface area contributed by atoms with E-state index in [-0.39, 0.29) is 31.8 Å². The molecule has 2 N–H and O–H groups in total. The number of sulfonamides is 2. The van der Waals surface area contributed by atoms with Gasteiger partial charge in [-0.3, -0.25) is 9.52 Å². The summed E-state index contributed by atoms with van der Waals surface area (Å²) in [7, 11) is -7.84. The lowest BCUT2D eigenvalue weighted by atomic mass is 10.1. The fourth-order valence-corrected chi connectivity index (χ4v) is 6.74. The molecule has 1 amide bonds. The summed E-state index contributed by atoms with van der Waals surface area (Å²) < 4.78 is 68.8. The van der Waals surface area contributed by atoms with E-state index in [9.17, 15) is 26.0 Å². The average Bonchev–Trinajstić information content (AvgIpc) is 2.87. The lowest BCUT2D eigenvalue weighted by Gasteiger charge is -2.26. The molecule has 1 heterocycles. The third-order valence-corrected chi connectivity index (χ3v) is 9.60. The first kappa shape index (κ1) is 27.1. The van der Waals surface area contributed by atoms with Crippen LogP contribution >= 0.6 is 11.6 Å². The van der Waals surface area contributed by atoms with Crippen molar-refractivity contribution < 1.29 is 26.0 Å². The van der Waals surface area contributed by atoms with Gasteiger partial charge in [0.15, 0.2) is 0 Å². The number of anilines is 2. The topological polar surface area (TPSA) is 113 Å². The Morgan fingerprint density at radius 2 is 1.54 bits per heavy atom. The highest BCUT2D eigenvalue weighted by molar-refractivity contribution is 7.92. The third kappa shape index (κ3) is 6.12. The molecule has 0 saturated carbocycles. The quantitative estimate of drug-likeness (QED) is 0.418. The van der Waals surface area contributed by atoms with E-state index in [0.29, 0.717) is 18.7 Å². The number of hydrogen-bond acceptors (Lipinski definition) is 5. The smallest absolute Gasteiger partial charge is 0.261 e. The Bertz CT molecular complexity index is 1540. The third-order valence-electron chi connectivity index (χ3n) is 6.00. The normalized spacial score (nSPS) is 14.8. The Kier molecular flexibility index (Phi) is 7.88. The van der Waals surface area contributed by atoms with Crippen molar-refractivity contribution in [2.45, 2.75) is 36.0 Å². The zero-order valence-corrected chi connectivity index (χ0v) is 22.3. The molecular weight excluding hydrogens is 541 g/mol. The second-order valence-corrected chi connectivity index (χ2v) is 12.7. The second-order valence-electron chi connectivity index (χ2n) is 8.65. The van der Waals surface area contributed by atoms with Crippen molar-refractivity contribution in [2.75, 3.05) is 23.1 Å². The highest BCUT2D eigenvalue weighted by Crippen LogP contribution is 2.29. The van der Waals surface area contributed by atoms with Crippen molar-refractivity contribution in [1.29, 1.82) is 0 Å². The molecule has 0 aliphatic carbocycles. The van der Waals surface area contributed by atoms with Crippen molar-refractivity contribution in [3.05, 3.63) is 82.6 Å². The van der Waals surface area contributed by atoms with Gasteiger partial charge in [0.2, 0.25) is 10.0 Å². The number of amides is 1. The predicted molar refractivity (Wildman–Crippen MR) is 140 cm³/mol. The maximum absolute atomic E-state index is 13.2. The number of nitrogens with zero attached hydrogens (tertiary/aromatic N) is 1. The van der Waals surface area contributed by atoms with Crippen LogP contribution in [0.15, 0.2) is 70.5 Å². The fraction of sp³-hybridized carbons (Fsp3) is 0.240. The molecule has 3 aromatic carbocycles. The molecule has 196 valence electrons. The van der Waals surface area contributed by atoms with E-state index in [1.807, 2.05) is 0 Å². The number of nitrogens with one attached hydrogen (secondary N) is 2. The molecule has 0 radical (unpaired) electrons. The lowest BCUT2D eigenvalue weighted by molar-refractivity contribution is 0.102. The summed E-state index contributed by atoms with van der Waals surface area (Å²) in [6.45, 7) is 2.50. The summed E-state index contributed by atoms with van der Waals surface area (Å²) in [6, 6.07) is 12.9. The summed E-state index contributed by atoms with van der Waals surface area (Å²) in [5.41, 5.74) is 0.794. The molecule has 1 aliphatic rings. The Balaban J connectivity index is 1.59. The molecule has 0 atom stereocenters. The standard InChI is InChI=1S/C25H25ClFN3O5S2/c1-17-5-10-20(36(32,33)29-19-8-6-18(27)7-9-19)15-22(17)25(31)28-24-16-21(11-12-23(24)26)37(34,35)30-13-3-2-4-14-30/h5-12,15-16,29H,2-4,13-14H2,1H3,(H,28,31). The maximum Gasteiger partial charge on any atom is 0.261 e. The molecule has 4 rings (SSSR count). The SMILES string of the molecule is Cc1ccc(S(=O)(=O)Nc2ccc(F)cc2)cc1C(=O)Nc1cc(S(=O)(=O)N2CCCCC2)ccc1Cl. The molecule has 1 saturated heterocycles. The van der Waals surface area contributed by atoms with Crippen LogP contribution in [-0.2, 0) is 20.0 Å². The molecule has 12 heteroatoms. The van der Waals surface area contributed by atoms with Gasteiger partial charge in [0.25, 0.3) is 15.9 Å². The van der Waals surface area contributed by atoms with Gasteiger partial charge in [-0.15, -0.1) is 0 Å². The molecule has 1 fully saturated rings. The number of carbonyl (C=O) groups is 1. The van der Waals surface area contributed by atoms with Crippen LogP contribution in [0.5, 0.6) is 0 Å². The van der Waals surface area contributed by atoms with Crippen molar-refractivity contribution in [3.8, 4) is 0 Å². The van der Waals surface area contributed by atoms with Crippen LogP contribution in [0, 0.1) is 12.7 Å². The van der Waals surface area contributed by atoms with E-state index in [4.69, 9.17) is 11.6 Å². The number of piperidine rings is 1. The highest BCUT2D eigenvalue weighted by atomic mass is 35.5. The fourth-order valence-electron chi connectivity index (χ4n) is 3.95. The van der Waals surface area contributed by atoms with Crippen molar-refractivity contribution in [3.63, 3.8) is 0 Å². The minimum Gasteiger partial charge on any atom is -0.321 e. The molecule has 0 aromatic heterocycles. The molecule has 8 nitrogen and oxygen atoms in total. The van der Waals surface area contributed by atoms with Gasteiger partial charge in [-0.05, 0) is 79.9 Å². The van der Waals surface area contributed by atoms with Gasteiger partial charge < -0.3 is 5.32 Å². The van der Waals surface area contributed by atoms with Crippen molar-refractivity contribution in [2.24, 2.45) is 0 Å². The Morgan fingerprint density at radius 1 is 0.892 bits per heavy atom. The second kappa shape index (κ2) is 10.8. The van der Waals surface area contributed by atoms with E-state index in [2.05, 4.69) is 10.0 Å². The van der Waals surface area contributed by atoms with Crippen LogP contribution in [0.25, 0.3) is 0 Å².